The Hall–Kier alpha value is -2.82. The first-order valence-corrected chi connectivity index (χ1v) is 10.2. The van der Waals surface area contributed by atoms with Gasteiger partial charge in [-0.2, -0.15) is 0 Å². The van der Waals surface area contributed by atoms with Crippen LogP contribution in [-0.4, -0.2) is 37.3 Å². The highest BCUT2D eigenvalue weighted by Crippen LogP contribution is 2.22. The van der Waals surface area contributed by atoms with E-state index in [1.165, 1.54) is 0 Å². The van der Waals surface area contributed by atoms with Crippen LogP contribution < -0.4 is 10.2 Å². The van der Waals surface area contributed by atoms with E-state index in [0.29, 0.717) is 12.4 Å². The Kier molecular flexibility index (Phi) is 9.39. The highest BCUT2D eigenvalue weighted by molar-refractivity contribution is 6.16. The van der Waals surface area contributed by atoms with Crippen LogP contribution in [0.1, 0.15) is 48.5 Å². The van der Waals surface area contributed by atoms with E-state index in [0.717, 1.165) is 33.9 Å². The van der Waals surface area contributed by atoms with Gasteiger partial charge >= 0.3 is 0 Å². The lowest BCUT2D eigenvalue weighted by Crippen LogP contribution is -2.39. The fourth-order valence-electron chi connectivity index (χ4n) is 2.74. The van der Waals surface area contributed by atoms with E-state index in [1.807, 2.05) is 80.8 Å². The number of hydrogen-bond donors (Lipinski definition) is 1. The summed E-state index contributed by atoms with van der Waals surface area (Å²) in [5.41, 5.74) is 5.25. The fourth-order valence-corrected chi connectivity index (χ4v) is 2.74. The van der Waals surface area contributed by atoms with Gasteiger partial charge in [-0.3, -0.25) is 9.69 Å². The summed E-state index contributed by atoms with van der Waals surface area (Å²) in [4.78, 5) is 20.9. The predicted molar refractivity (Wildman–Crippen MR) is 126 cm³/mol. The largest absolute Gasteiger partial charge is 0.378 e. The van der Waals surface area contributed by atoms with Gasteiger partial charge in [-0.15, -0.1) is 0 Å². The summed E-state index contributed by atoms with van der Waals surface area (Å²) in [5.74, 6) is 1.41. The molecule has 5 heteroatoms. The molecule has 0 spiro atoms. The molecule has 29 heavy (non-hydrogen) atoms. The second-order valence-corrected chi connectivity index (χ2v) is 7.18. The third-order valence-corrected chi connectivity index (χ3v) is 4.35. The minimum Gasteiger partial charge on any atom is -0.378 e. The number of amidine groups is 1. The number of likely N-dealkylation sites (N-methyl/N-ethyl adjacent to an activating group) is 1. The first kappa shape index (κ1) is 24.2. The Balaban J connectivity index is 0.00000204. The molecule has 1 aromatic rings. The van der Waals surface area contributed by atoms with Crippen molar-refractivity contribution in [3.63, 3.8) is 0 Å². The molecule has 2 rings (SSSR count). The number of rotatable bonds is 5. The number of aliphatic imine (C=N–C) groups is 1. The molecule has 1 N–H and O–H groups in total. The van der Waals surface area contributed by atoms with Crippen molar-refractivity contribution in [2.24, 2.45) is 4.99 Å². The van der Waals surface area contributed by atoms with E-state index in [4.69, 9.17) is 4.99 Å². The van der Waals surface area contributed by atoms with Crippen LogP contribution in [0.15, 0.2) is 64.0 Å². The smallest absolute Gasteiger partial charge is 0.252 e. The quantitative estimate of drug-likeness (QED) is 0.705. The number of carbonyl (C=O) groups excluding carboxylic acids is 1. The number of nitrogens with one attached hydrogen (secondary N) is 1. The summed E-state index contributed by atoms with van der Waals surface area (Å²) in [6.07, 6.45) is 3.47. The van der Waals surface area contributed by atoms with Crippen LogP contribution >= 0.6 is 0 Å². The molecular weight excluding hydrogens is 360 g/mol. The second kappa shape index (κ2) is 11.2. The van der Waals surface area contributed by atoms with Gasteiger partial charge in [0.1, 0.15) is 11.7 Å². The van der Waals surface area contributed by atoms with E-state index < -0.39 is 0 Å². The number of allylic oxidation sites excluding steroid dienone is 2. The zero-order valence-corrected chi connectivity index (χ0v) is 19.4. The summed E-state index contributed by atoms with van der Waals surface area (Å²) < 4.78 is 0. The van der Waals surface area contributed by atoms with Gasteiger partial charge in [-0.1, -0.05) is 19.4 Å². The van der Waals surface area contributed by atoms with Gasteiger partial charge in [-0.05, 0) is 70.5 Å². The Labute approximate surface area is 176 Å². The first-order chi connectivity index (χ1) is 13.7. The van der Waals surface area contributed by atoms with Crippen molar-refractivity contribution < 1.29 is 4.79 Å². The molecule has 1 aliphatic rings. The number of carbonyl (C=O) groups is 1. The summed E-state index contributed by atoms with van der Waals surface area (Å²) in [5, 5.41) is 3.40. The third-order valence-electron chi connectivity index (χ3n) is 4.35. The van der Waals surface area contributed by atoms with Gasteiger partial charge in [0.25, 0.3) is 5.91 Å². The molecule has 0 aromatic heterocycles. The number of anilines is 2. The molecular formula is C24H36N4O. The summed E-state index contributed by atoms with van der Waals surface area (Å²) in [6.45, 7) is 14.6. The average Bonchev–Trinajstić information content (AvgIpc) is 2.69. The van der Waals surface area contributed by atoms with E-state index in [-0.39, 0.29) is 5.91 Å². The topological polar surface area (TPSA) is 47.9 Å². The molecule has 0 atom stereocenters. The minimum atomic E-state index is -0.0373. The molecule has 0 bridgehead atoms. The SMILES string of the molecule is CC.CCN1C(=O)C=CC(=C(C)C)/C1=N\C(Nc1ccc(N(C)C)cc1)=C(C)C. The molecule has 5 nitrogen and oxygen atoms in total. The molecule has 0 radical (unpaired) electrons. The summed E-state index contributed by atoms with van der Waals surface area (Å²) in [6, 6.07) is 8.18. The van der Waals surface area contributed by atoms with E-state index in [9.17, 15) is 4.79 Å². The molecule has 0 saturated heterocycles. The van der Waals surface area contributed by atoms with Crippen LogP contribution in [0.25, 0.3) is 0 Å². The van der Waals surface area contributed by atoms with Crippen molar-refractivity contribution in [3.8, 4) is 0 Å². The van der Waals surface area contributed by atoms with Crippen LogP contribution in [0.2, 0.25) is 0 Å². The fraction of sp³-hybridized carbons (Fsp3) is 0.417. The highest BCUT2D eigenvalue weighted by atomic mass is 16.2. The van der Waals surface area contributed by atoms with E-state index in [1.54, 1.807) is 11.0 Å². The number of benzene rings is 1. The molecule has 158 valence electrons. The first-order valence-electron chi connectivity index (χ1n) is 10.2. The zero-order valence-electron chi connectivity index (χ0n) is 19.4. The molecule has 0 aliphatic carbocycles. The molecule has 1 aromatic carbocycles. The Morgan fingerprint density at radius 2 is 1.62 bits per heavy atom. The van der Waals surface area contributed by atoms with Gasteiger partial charge in [0, 0.05) is 43.7 Å². The predicted octanol–water partition coefficient (Wildman–Crippen LogP) is 5.60. The molecule has 1 amide bonds. The second-order valence-electron chi connectivity index (χ2n) is 7.18. The maximum absolute atomic E-state index is 12.3. The van der Waals surface area contributed by atoms with Crippen molar-refractivity contribution in [1.29, 1.82) is 0 Å². The van der Waals surface area contributed by atoms with E-state index >= 15 is 0 Å². The van der Waals surface area contributed by atoms with Crippen molar-refractivity contribution in [2.75, 3.05) is 30.9 Å². The average molecular weight is 397 g/mol. The van der Waals surface area contributed by atoms with Crippen LogP contribution in [0.3, 0.4) is 0 Å². The molecule has 0 fully saturated rings. The maximum atomic E-state index is 12.3. The maximum Gasteiger partial charge on any atom is 0.252 e. The summed E-state index contributed by atoms with van der Waals surface area (Å²) in [7, 11) is 4.04. The van der Waals surface area contributed by atoms with E-state index in [2.05, 4.69) is 22.3 Å². The molecule has 1 aliphatic heterocycles. The Morgan fingerprint density at radius 1 is 1.03 bits per heavy atom. The van der Waals surface area contributed by atoms with Crippen LogP contribution in [0, 0.1) is 0 Å². The molecule has 1 heterocycles. The third kappa shape index (κ3) is 6.34. The standard InChI is InChI=1S/C22H30N4O.C2H6/c1-8-26-20(27)14-13-19(15(2)3)22(26)24-21(16(4)5)23-17-9-11-18(12-10-17)25(6)7;1-2/h9-14,23H,8H2,1-7H3;1-2H3/b24-22+;. The number of hydrogen-bond acceptors (Lipinski definition) is 4. The van der Waals surface area contributed by atoms with Crippen molar-refractivity contribution in [1.82, 2.24) is 4.90 Å². The number of nitrogens with zero attached hydrogens (tertiary/aromatic N) is 3. The normalized spacial score (nSPS) is 14.4. The van der Waals surface area contributed by atoms with Crippen molar-refractivity contribution in [3.05, 3.63) is 59.0 Å². The Morgan fingerprint density at radius 3 is 2.07 bits per heavy atom. The van der Waals surface area contributed by atoms with Gasteiger partial charge in [0.05, 0.1) is 0 Å². The van der Waals surface area contributed by atoms with Crippen molar-refractivity contribution >= 4 is 23.1 Å². The van der Waals surface area contributed by atoms with Crippen LogP contribution in [0.4, 0.5) is 11.4 Å². The zero-order chi connectivity index (χ0) is 22.1. The minimum absolute atomic E-state index is 0.0373. The lowest BCUT2D eigenvalue weighted by Gasteiger charge is -2.27. The van der Waals surface area contributed by atoms with Gasteiger partial charge < -0.3 is 10.2 Å². The van der Waals surface area contributed by atoms with Crippen LogP contribution in [-0.2, 0) is 4.79 Å². The van der Waals surface area contributed by atoms with Crippen LogP contribution in [0.5, 0.6) is 0 Å². The van der Waals surface area contributed by atoms with Crippen molar-refractivity contribution in [2.45, 2.75) is 48.5 Å². The van der Waals surface area contributed by atoms with Gasteiger partial charge in [0.2, 0.25) is 0 Å². The lowest BCUT2D eigenvalue weighted by molar-refractivity contribution is -0.122. The Bertz CT molecular complexity index is 819. The number of amides is 1. The lowest BCUT2D eigenvalue weighted by atomic mass is 10.0. The highest BCUT2D eigenvalue weighted by Gasteiger charge is 2.24. The molecule has 0 saturated carbocycles. The van der Waals surface area contributed by atoms with Gasteiger partial charge in [0.15, 0.2) is 0 Å². The monoisotopic (exact) mass is 396 g/mol. The summed E-state index contributed by atoms with van der Waals surface area (Å²) >= 11 is 0. The molecule has 0 unspecified atom stereocenters. The van der Waals surface area contributed by atoms with Gasteiger partial charge in [-0.25, -0.2) is 4.99 Å².